The molecule has 0 aromatic heterocycles. The van der Waals surface area contributed by atoms with E-state index in [4.69, 9.17) is 11.6 Å². The molecule has 3 nitrogen and oxygen atoms in total. The summed E-state index contributed by atoms with van der Waals surface area (Å²) in [5, 5.41) is 7.06. The van der Waals surface area contributed by atoms with E-state index in [0.717, 1.165) is 30.8 Å². The molecule has 1 aromatic rings. The molecule has 1 aromatic carbocycles. The van der Waals surface area contributed by atoms with Crippen molar-refractivity contribution in [2.75, 3.05) is 13.1 Å². The Kier molecular flexibility index (Phi) is 6.34. The maximum absolute atomic E-state index is 11.8. The Morgan fingerprint density at radius 3 is 2.55 bits per heavy atom. The molecule has 1 aliphatic carbocycles. The normalized spacial score (nSPS) is 16.1. The van der Waals surface area contributed by atoms with Crippen molar-refractivity contribution in [2.45, 2.75) is 44.6 Å². The van der Waals surface area contributed by atoms with Gasteiger partial charge in [0.2, 0.25) is 5.91 Å². The fourth-order valence-corrected chi connectivity index (χ4v) is 2.74. The van der Waals surface area contributed by atoms with Crippen LogP contribution in [0.15, 0.2) is 24.3 Å². The Hall–Kier alpha value is -1.06. The smallest absolute Gasteiger partial charge is 0.234 e. The summed E-state index contributed by atoms with van der Waals surface area (Å²) in [5.74, 6) is 0.119. The number of carbonyl (C=O) groups is 1. The van der Waals surface area contributed by atoms with E-state index in [1.807, 2.05) is 24.3 Å². The van der Waals surface area contributed by atoms with Gasteiger partial charge < -0.3 is 10.6 Å². The van der Waals surface area contributed by atoms with Crippen molar-refractivity contribution < 1.29 is 4.79 Å². The molecule has 1 saturated carbocycles. The Bertz CT molecular complexity index is 413. The lowest BCUT2D eigenvalue weighted by atomic mass is 9.95. The summed E-state index contributed by atoms with van der Waals surface area (Å²) in [5.41, 5.74) is 1.23. The van der Waals surface area contributed by atoms with E-state index in [1.165, 1.54) is 24.8 Å². The maximum atomic E-state index is 11.8. The van der Waals surface area contributed by atoms with Gasteiger partial charge in [-0.05, 0) is 43.5 Å². The minimum atomic E-state index is 0.119. The van der Waals surface area contributed by atoms with Crippen LogP contribution >= 0.6 is 11.6 Å². The van der Waals surface area contributed by atoms with E-state index in [0.29, 0.717) is 12.6 Å². The largest absolute Gasteiger partial charge is 0.352 e. The molecule has 0 saturated heterocycles. The third-order valence-corrected chi connectivity index (χ3v) is 4.01. The van der Waals surface area contributed by atoms with Crippen molar-refractivity contribution in [2.24, 2.45) is 0 Å². The van der Waals surface area contributed by atoms with E-state index in [1.54, 1.807) is 0 Å². The lowest BCUT2D eigenvalue weighted by Gasteiger charge is -2.22. The molecule has 0 heterocycles. The minimum absolute atomic E-state index is 0.119. The van der Waals surface area contributed by atoms with Gasteiger partial charge >= 0.3 is 0 Å². The molecule has 2 rings (SSSR count). The second-order valence-electron chi connectivity index (χ2n) is 5.46. The van der Waals surface area contributed by atoms with E-state index >= 15 is 0 Å². The first-order valence-electron chi connectivity index (χ1n) is 7.48. The van der Waals surface area contributed by atoms with Crippen LogP contribution in [0, 0.1) is 0 Å². The summed E-state index contributed by atoms with van der Waals surface area (Å²) in [4.78, 5) is 11.8. The van der Waals surface area contributed by atoms with Crippen molar-refractivity contribution in [1.82, 2.24) is 10.6 Å². The number of hydrogen-bond acceptors (Lipinski definition) is 2. The third kappa shape index (κ3) is 5.51. The Morgan fingerprint density at radius 2 is 1.85 bits per heavy atom. The van der Waals surface area contributed by atoms with Crippen molar-refractivity contribution in [1.29, 1.82) is 0 Å². The van der Waals surface area contributed by atoms with Crippen LogP contribution in [-0.4, -0.2) is 25.0 Å². The van der Waals surface area contributed by atoms with Crippen molar-refractivity contribution in [3.8, 4) is 0 Å². The number of rotatable bonds is 6. The van der Waals surface area contributed by atoms with Crippen LogP contribution in [0.2, 0.25) is 5.02 Å². The molecular weight excluding hydrogens is 272 g/mol. The Balaban J connectivity index is 1.58. The van der Waals surface area contributed by atoms with Gasteiger partial charge in [-0.3, -0.25) is 4.79 Å². The molecular formula is C16H23ClN2O. The van der Waals surface area contributed by atoms with Crippen LogP contribution in [0.5, 0.6) is 0 Å². The number of halogens is 1. The van der Waals surface area contributed by atoms with Gasteiger partial charge in [-0.15, -0.1) is 0 Å². The summed E-state index contributed by atoms with van der Waals surface area (Å²) >= 11 is 5.84. The van der Waals surface area contributed by atoms with Crippen LogP contribution in [0.1, 0.15) is 37.7 Å². The highest BCUT2D eigenvalue weighted by Gasteiger charge is 2.14. The van der Waals surface area contributed by atoms with Crippen LogP contribution in [0.4, 0.5) is 0 Å². The van der Waals surface area contributed by atoms with Gasteiger partial charge in [-0.2, -0.15) is 0 Å². The molecule has 0 unspecified atom stereocenters. The zero-order chi connectivity index (χ0) is 14.2. The van der Waals surface area contributed by atoms with E-state index < -0.39 is 0 Å². The molecule has 0 atom stereocenters. The van der Waals surface area contributed by atoms with Crippen LogP contribution < -0.4 is 10.6 Å². The summed E-state index contributed by atoms with van der Waals surface area (Å²) in [6, 6.07) is 8.23. The Morgan fingerprint density at radius 1 is 1.15 bits per heavy atom. The van der Waals surface area contributed by atoms with E-state index in [-0.39, 0.29) is 5.91 Å². The van der Waals surface area contributed by atoms with Gasteiger partial charge in [-0.1, -0.05) is 43.0 Å². The van der Waals surface area contributed by atoms with E-state index in [9.17, 15) is 4.79 Å². The lowest BCUT2D eigenvalue weighted by Crippen LogP contribution is -2.41. The highest BCUT2D eigenvalue weighted by molar-refractivity contribution is 6.30. The average molecular weight is 295 g/mol. The number of carbonyl (C=O) groups excluding carboxylic acids is 1. The predicted octanol–water partition coefficient (Wildman–Crippen LogP) is 2.92. The standard InChI is InChI=1S/C16H23ClN2O/c17-14-8-6-13(7-9-14)10-11-18-12-16(20)19-15-4-2-1-3-5-15/h6-9,15,18H,1-5,10-12H2,(H,19,20). The first kappa shape index (κ1) is 15.3. The monoisotopic (exact) mass is 294 g/mol. The second-order valence-corrected chi connectivity index (χ2v) is 5.89. The number of nitrogens with one attached hydrogen (secondary N) is 2. The molecule has 20 heavy (non-hydrogen) atoms. The maximum Gasteiger partial charge on any atom is 0.234 e. The van der Waals surface area contributed by atoms with Crippen LogP contribution in [0.3, 0.4) is 0 Å². The minimum Gasteiger partial charge on any atom is -0.352 e. The topological polar surface area (TPSA) is 41.1 Å². The molecule has 1 aliphatic rings. The van der Waals surface area contributed by atoms with Crippen molar-refractivity contribution >= 4 is 17.5 Å². The second kappa shape index (κ2) is 8.28. The van der Waals surface area contributed by atoms with Gasteiger partial charge in [0.05, 0.1) is 6.54 Å². The van der Waals surface area contributed by atoms with E-state index in [2.05, 4.69) is 10.6 Å². The quantitative estimate of drug-likeness (QED) is 0.792. The third-order valence-electron chi connectivity index (χ3n) is 3.76. The lowest BCUT2D eigenvalue weighted by molar-refractivity contribution is -0.121. The van der Waals surface area contributed by atoms with Gasteiger partial charge in [0, 0.05) is 11.1 Å². The molecule has 0 aliphatic heterocycles. The fraction of sp³-hybridized carbons (Fsp3) is 0.562. The molecule has 1 amide bonds. The highest BCUT2D eigenvalue weighted by Crippen LogP contribution is 2.17. The highest BCUT2D eigenvalue weighted by atomic mass is 35.5. The molecule has 0 spiro atoms. The van der Waals surface area contributed by atoms with Gasteiger partial charge in [-0.25, -0.2) is 0 Å². The van der Waals surface area contributed by atoms with Gasteiger partial charge in [0.1, 0.15) is 0 Å². The first-order chi connectivity index (χ1) is 9.74. The number of hydrogen-bond donors (Lipinski definition) is 2. The zero-order valence-corrected chi connectivity index (χ0v) is 12.6. The van der Waals surface area contributed by atoms with Gasteiger partial charge in [0.15, 0.2) is 0 Å². The molecule has 110 valence electrons. The van der Waals surface area contributed by atoms with Crippen LogP contribution in [0.25, 0.3) is 0 Å². The fourth-order valence-electron chi connectivity index (χ4n) is 2.61. The Labute approximate surface area is 126 Å². The zero-order valence-electron chi connectivity index (χ0n) is 11.8. The predicted molar refractivity (Wildman–Crippen MR) is 83.0 cm³/mol. The molecule has 4 heteroatoms. The van der Waals surface area contributed by atoms with Crippen molar-refractivity contribution in [3.05, 3.63) is 34.9 Å². The summed E-state index contributed by atoms with van der Waals surface area (Å²) in [6.07, 6.45) is 6.98. The number of amides is 1. The molecule has 2 N–H and O–H groups in total. The first-order valence-corrected chi connectivity index (χ1v) is 7.86. The number of benzene rings is 1. The molecule has 1 fully saturated rings. The molecule has 0 radical (unpaired) electrons. The van der Waals surface area contributed by atoms with Crippen LogP contribution in [-0.2, 0) is 11.2 Å². The van der Waals surface area contributed by atoms with Gasteiger partial charge in [0.25, 0.3) is 0 Å². The summed E-state index contributed by atoms with van der Waals surface area (Å²) in [7, 11) is 0. The SMILES string of the molecule is O=C(CNCCc1ccc(Cl)cc1)NC1CCCCC1. The van der Waals surface area contributed by atoms with Crippen molar-refractivity contribution in [3.63, 3.8) is 0 Å². The summed E-state index contributed by atoms with van der Waals surface area (Å²) in [6.45, 7) is 1.21. The average Bonchev–Trinajstić information content (AvgIpc) is 2.46. The summed E-state index contributed by atoms with van der Waals surface area (Å²) < 4.78 is 0. The molecule has 0 bridgehead atoms.